The van der Waals surface area contributed by atoms with Crippen LogP contribution in [0.4, 0.5) is 8.78 Å². The molecule has 5 nitrogen and oxygen atoms in total. The minimum Gasteiger partial charge on any atom is -0.480 e. The van der Waals surface area contributed by atoms with Gasteiger partial charge in [0.1, 0.15) is 11.6 Å². The van der Waals surface area contributed by atoms with Crippen LogP contribution >= 0.6 is 15.9 Å². The van der Waals surface area contributed by atoms with Gasteiger partial charge in [0.2, 0.25) is 5.67 Å². The maximum Gasteiger partial charge on any atom is 0.343 e. The first-order valence-corrected chi connectivity index (χ1v) is 7.35. The summed E-state index contributed by atoms with van der Waals surface area (Å²) in [6, 6.07) is 3.74. The van der Waals surface area contributed by atoms with Gasteiger partial charge in [0.15, 0.2) is 6.10 Å². The Hall–Kier alpha value is -1.70. The SMILES string of the molecule is CC(Oc1ccc(F)cc1Br)C(=O)N1CCC(F)(C(=O)O)C1. The number of hydrogen-bond donors (Lipinski definition) is 1. The number of rotatable bonds is 4. The topological polar surface area (TPSA) is 66.8 Å². The fourth-order valence-electron chi connectivity index (χ4n) is 2.20. The highest BCUT2D eigenvalue weighted by atomic mass is 79.9. The zero-order valence-electron chi connectivity index (χ0n) is 11.7. The van der Waals surface area contributed by atoms with Crippen molar-refractivity contribution in [2.24, 2.45) is 0 Å². The summed E-state index contributed by atoms with van der Waals surface area (Å²) in [6.07, 6.45) is -1.20. The van der Waals surface area contributed by atoms with E-state index in [1.807, 2.05) is 0 Å². The van der Waals surface area contributed by atoms with Crippen LogP contribution in [0.5, 0.6) is 5.75 Å². The van der Waals surface area contributed by atoms with Crippen LogP contribution in [0.25, 0.3) is 0 Å². The predicted molar refractivity (Wildman–Crippen MR) is 76.9 cm³/mol. The molecule has 8 heteroatoms. The molecule has 2 rings (SSSR count). The van der Waals surface area contributed by atoms with Gasteiger partial charge in [-0.15, -0.1) is 0 Å². The number of alkyl halides is 1. The molecule has 0 saturated carbocycles. The molecule has 22 heavy (non-hydrogen) atoms. The number of ether oxygens (including phenoxy) is 1. The van der Waals surface area contributed by atoms with Crippen molar-refractivity contribution >= 4 is 27.8 Å². The number of carboxylic acid groups (broad SMARTS) is 1. The van der Waals surface area contributed by atoms with Gasteiger partial charge in [-0.1, -0.05) is 0 Å². The molecule has 1 aromatic carbocycles. The van der Waals surface area contributed by atoms with E-state index in [-0.39, 0.29) is 18.7 Å². The third-order valence-electron chi connectivity index (χ3n) is 3.46. The molecule has 1 fully saturated rings. The minimum atomic E-state index is -2.41. The van der Waals surface area contributed by atoms with Crippen LogP contribution in [0, 0.1) is 5.82 Å². The van der Waals surface area contributed by atoms with Crippen LogP contribution in [-0.4, -0.2) is 46.7 Å². The lowest BCUT2D eigenvalue weighted by atomic mass is 10.1. The van der Waals surface area contributed by atoms with Crippen LogP contribution in [0.2, 0.25) is 0 Å². The molecule has 0 bridgehead atoms. The molecule has 120 valence electrons. The average molecular weight is 378 g/mol. The Labute approximate surface area is 134 Å². The number of carbonyl (C=O) groups excluding carboxylic acids is 1. The Kier molecular flexibility index (Phi) is 4.69. The molecule has 1 amide bonds. The van der Waals surface area contributed by atoms with Crippen LogP contribution in [-0.2, 0) is 9.59 Å². The van der Waals surface area contributed by atoms with Crippen LogP contribution in [0.3, 0.4) is 0 Å². The van der Waals surface area contributed by atoms with E-state index in [0.717, 1.165) is 4.90 Å². The van der Waals surface area contributed by atoms with E-state index in [4.69, 9.17) is 9.84 Å². The van der Waals surface area contributed by atoms with Crippen LogP contribution < -0.4 is 4.74 Å². The van der Waals surface area contributed by atoms with Gasteiger partial charge < -0.3 is 14.7 Å². The van der Waals surface area contributed by atoms with Crippen LogP contribution in [0.1, 0.15) is 13.3 Å². The number of carboxylic acids is 1. The molecule has 1 heterocycles. The third-order valence-corrected chi connectivity index (χ3v) is 4.08. The molecule has 1 N–H and O–H groups in total. The lowest BCUT2D eigenvalue weighted by Gasteiger charge is -2.22. The van der Waals surface area contributed by atoms with E-state index in [1.165, 1.54) is 25.1 Å². The lowest BCUT2D eigenvalue weighted by Crippen LogP contribution is -2.43. The second kappa shape index (κ2) is 6.20. The summed E-state index contributed by atoms with van der Waals surface area (Å²) in [5.41, 5.74) is -2.41. The molecule has 1 saturated heterocycles. The van der Waals surface area contributed by atoms with E-state index in [0.29, 0.717) is 4.47 Å². The highest BCUT2D eigenvalue weighted by Crippen LogP contribution is 2.29. The van der Waals surface area contributed by atoms with E-state index < -0.39 is 36.0 Å². The highest BCUT2D eigenvalue weighted by Gasteiger charge is 2.47. The summed E-state index contributed by atoms with van der Waals surface area (Å²) in [4.78, 5) is 24.2. The Balaban J connectivity index is 2.03. The normalized spacial score (nSPS) is 22.5. The fraction of sp³-hybridized carbons (Fsp3) is 0.429. The maximum absolute atomic E-state index is 14.0. The first-order chi connectivity index (χ1) is 10.2. The summed E-state index contributed by atoms with van der Waals surface area (Å²) in [5.74, 6) is -2.28. The first kappa shape index (κ1) is 16.7. The molecular weight excluding hydrogens is 364 g/mol. The number of amides is 1. The van der Waals surface area contributed by atoms with E-state index >= 15 is 0 Å². The number of benzene rings is 1. The first-order valence-electron chi connectivity index (χ1n) is 6.56. The van der Waals surface area contributed by atoms with Gasteiger partial charge in [-0.25, -0.2) is 13.6 Å². The molecule has 1 aliphatic heterocycles. The smallest absolute Gasteiger partial charge is 0.343 e. The molecule has 1 aromatic rings. The molecule has 2 atom stereocenters. The second-order valence-electron chi connectivity index (χ2n) is 5.12. The summed E-state index contributed by atoms with van der Waals surface area (Å²) < 4.78 is 32.7. The molecular formula is C14H14BrF2NO4. The molecule has 1 aliphatic rings. The van der Waals surface area contributed by atoms with Crippen molar-refractivity contribution in [2.75, 3.05) is 13.1 Å². The average Bonchev–Trinajstić information content (AvgIpc) is 2.85. The second-order valence-corrected chi connectivity index (χ2v) is 5.97. The number of likely N-dealkylation sites (tertiary alicyclic amines) is 1. The number of carbonyl (C=O) groups is 2. The molecule has 0 aliphatic carbocycles. The van der Waals surface area contributed by atoms with Gasteiger partial charge in [0.05, 0.1) is 11.0 Å². The molecule has 0 aromatic heterocycles. The van der Waals surface area contributed by atoms with Gasteiger partial charge in [-0.05, 0) is 41.1 Å². The summed E-state index contributed by atoms with van der Waals surface area (Å²) >= 11 is 3.12. The van der Waals surface area contributed by atoms with Crippen molar-refractivity contribution in [2.45, 2.75) is 25.1 Å². The van der Waals surface area contributed by atoms with Crippen molar-refractivity contribution in [1.29, 1.82) is 0 Å². The van der Waals surface area contributed by atoms with Crippen molar-refractivity contribution in [3.05, 3.63) is 28.5 Å². The molecule has 0 radical (unpaired) electrons. The van der Waals surface area contributed by atoms with Gasteiger partial charge >= 0.3 is 5.97 Å². The minimum absolute atomic E-state index is 0.0138. The van der Waals surface area contributed by atoms with E-state index in [1.54, 1.807) is 0 Å². The summed E-state index contributed by atoms with van der Waals surface area (Å²) in [7, 11) is 0. The van der Waals surface area contributed by atoms with Gasteiger partial charge in [0, 0.05) is 13.0 Å². The number of hydrogen-bond acceptors (Lipinski definition) is 3. The lowest BCUT2D eigenvalue weighted by molar-refractivity contribution is -0.150. The monoisotopic (exact) mass is 377 g/mol. The number of aliphatic carboxylic acids is 1. The molecule has 0 spiro atoms. The fourth-order valence-corrected chi connectivity index (χ4v) is 2.65. The Morgan fingerprint density at radius 1 is 1.50 bits per heavy atom. The Morgan fingerprint density at radius 3 is 2.73 bits per heavy atom. The van der Waals surface area contributed by atoms with Gasteiger partial charge in [-0.2, -0.15) is 0 Å². The maximum atomic E-state index is 14.0. The summed E-state index contributed by atoms with van der Waals surface area (Å²) in [6.45, 7) is 0.983. The van der Waals surface area contributed by atoms with Crippen molar-refractivity contribution in [1.82, 2.24) is 4.90 Å². The van der Waals surface area contributed by atoms with Crippen molar-refractivity contribution in [3.63, 3.8) is 0 Å². The highest BCUT2D eigenvalue weighted by molar-refractivity contribution is 9.10. The Morgan fingerprint density at radius 2 is 2.18 bits per heavy atom. The zero-order chi connectivity index (χ0) is 16.5. The van der Waals surface area contributed by atoms with Gasteiger partial charge in [0.25, 0.3) is 5.91 Å². The number of nitrogens with zero attached hydrogens (tertiary/aromatic N) is 1. The van der Waals surface area contributed by atoms with Crippen molar-refractivity contribution < 1.29 is 28.2 Å². The predicted octanol–water partition coefficient (Wildman–Crippen LogP) is 2.38. The largest absolute Gasteiger partial charge is 0.480 e. The van der Waals surface area contributed by atoms with E-state index in [2.05, 4.69) is 15.9 Å². The Bertz CT molecular complexity index is 613. The van der Waals surface area contributed by atoms with Gasteiger partial charge in [-0.3, -0.25) is 4.79 Å². The summed E-state index contributed by atoms with van der Waals surface area (Å²) in [5, 5.41) is 8.82. The zero-order valence-corrected chi connectivity index (χ0v) is 13.3. The quantitative estimate of drug-likeness (QED) is 0.874. The van der Waals surface area contributed by atoms with Crippen LogP contribution in [0.15, 0.2) is 22.7 Å². The standard InChI is InChI=1S/C14H14BrF2NO4/c1-8(22-11-3-2-9(16)6-10(11)15)12(19)18-5-4-14(17,7-18)13(20)21/h2-3,6,8H,4-5,7H2,1H3,(H,20,21). The van der Waals surface area contributed by atoms with E-state index in [9.17, 15) is 18.4 Å². The van der Waals surface area contributed by atoms with Crippen molar-refractivity contribution in [3.8, 4) is 5.75 Å². The number of halogens is 3. The third kappa shape index (κ3) is 3.37. The molecule has 2 unspecified atom stereocenters.